The molecule has 1 aliphatic carbocycles. The van der Waals surface area contributed by atoms with Gasteiger partial charge in [0.15, 0.2) is 5.82 Å². The molecule has 0 unspecified atom stereocenters. The highest BCUT2D eigenvalue weighted by Crippen LogP contribution is 2.43. The van der Waals surface area contributed by atoms with E-state index in [2.05, 4.69) is 20.0 Å². The molecule has 0 amide bonds. The van der Waals surface area contributed by atoms with E-state index in [9.17, 15) is 13.2 Å². The van der Waals surface area contributed by atoms with Crippen molar-refractivity contribution in [3.63, 3.8) is 0 Å². The number of likely N-dealkylation sites (tertiary alicyclic amines) is 1. The molecule has 3 heterocycles. The fourth-order valence-corrected chi connectivity index (χ4v) is 5.42. The average molecular weight is 431 g/mol. The zero-order chi connectivity index (χ0) is 21.5. The van der Waals surface area contributed by atoms with Gasteiger partial charge in [-0.25, -0.2) is 0 Å². The molecule has 1 spiro atoms. The minimum Gasteiger partial charge on any atom is -0.355 e. The summed E-state index contributed by atoms with van der Waals surface area (Å²) < 4.78 is 39.9. The molecule has 1 saturated carbocycles. The number of benzene rings is 1. The Kier molecular flexibility index (Phi) is 5.40. The number of alkyl halides is 3. The van der Waals surface area contributed by atoms with E-state index in [-0.39, 0.29) is 11.3 Å². The summed E-state index contributed by atoms with van der Waals surface area (Å²) in [5, 5.41) is 8.44. The first-order chi connectivity index (χ1) is 14.9. The Morgan fingerprint density at radius 3 is 2.10 bits per heavy atom. The molecule has 0 radical (unpaired) electrons. The van der Waals surface area contributed by atoms with Gasteiger partial charge in [-0.15, -0.1) is 10.2 Å². The summed E-state index contributed by atoms with van der Waals surface area (Å²) >= 11 is 0. The zero-order valence-electron chi connectivity index (χ0n) is 17.7. The van der Waals surface area contributed by atoms with Gasteiger partial charge in [0.05, 0.1) is 11.3 Å². The molecule has 1 aromatic heterocycles. The summed E-state index contributed by atoms with van der Waals surface area (Å²) in [4.78, 5) is 4.93. The van der Waals surface area contributed by atoms with Gasteiger partial charge < -0.3 is 9.80 Å². The van der Waals surface area contributed by atoms with Crippen LogP contribution < -0.4 is 4.90 Å². The van der Waals surface area contributed by atoms with Crippen LogP contribution >= 0.6 is 0 Å². The van der Waals surface area contributed by atoms with Gasteiger partial charge in [-0.1, -0.05) is 24.6 Å². The Balaban J connectivity index is 1.22. The second kappa shape index (κ2) is 8.08. The summed E-state index contributed by atoms with van der Waals surface area (Å²) in [6.07, 6.45) is 4.63. The van der Waals surface area contributed by atoms with Crippen LogP contribution in [0.25, 0.3) is 11.3 Å². The van der Waals surface area contributed by atoms with E-state index in [1.54, 1.807) is 12.1 Å². The fourth-order valence-electron chi connectivity index (χ4n) is 5.42. The van der Waals surface area contributed by atoms with Crippen molar-refractivity contribution in [1.29, 1.82) is 0 Å². The van der Waals surface area contributed by atoms with Crippen molar-refractivity contribution in [2.45, 2.75) is 57.2 Å². The van der Waals surface area contributed by atoms with Gasteiger partial charge in [-0.3, -0.25) is 0 Å². The van der Waals surface area contributed by atoms with Crippen molar-refractivity contribution in [3.05, 3.63) is 42.0 Å². The monoisotopic (exact) mass is 430 g/mol. The van der Waals surface area contributed by atoms with Crippen molar-refractivity contribution in [3.8, 4) is 11.3 Å². The Morgan fingerprint density at radius 1 is 0.839 bits per heavy atom. The highest BCUT2D eigenvalue weighted by molar-refractivity contribution is 5.64. The molecule has 0 bridgehead atoms. The second-order valence-electron chi connectivity index (χ2n) is 9.43. The zero-order valence-corrected chi connectivity index (χ0v) is 17.7. The number of aromatic nitrogens is 2. The van der Waals surface area contributed by atoms with E-state index >= 15 is 0 Å². The van der Waals surface area contributed by atoms with Crippen LogP contribution in [0.2, 0.25) is 0 Å². The van der Waals surface area contributed by atoms with Gasteiger partial charge in [0.25, 0.3) is 0 Å². The normalized spacial score (nSPS) is 22.5. The first-order valence-electron chi connectivity index (χ1n) is 11.4. The first kappa shape index (κ1) is 20.7. The molecule has 166 valence electrons. The second-order valence-corrected chi connectivity index (χ2v) is 9.43. The Labute approximate surface area is 181 Å². The summed E-state index contributed by atoms with van der Waals surface area (Å²) in [6, 6.07) is 9.85. The molecule has 5 rings (SSSR count). The van der Waals surface area contributed by atoms with Gasteiger partial charge in [0.1, 0.15) is 0 Å². The van der Waals surface area contributed by atoms with Crippen molar-refractivity contribution in [1.82, 2.24) is 15.1 Å². The van der Waals surface area contributed by atoms with Crippen molar-refractivity contribution in [2.75, 3.05) is 31.1 Å². The smallest absolute Gasteiger partial charge is 0.355 e. The summed E-state index contributed by atoms with van der Waals surface area (Å²) in [5.74, 6) is 0.759. The van der Waals surface area contributed by atoms with Crippen molar-refractivity contribution < 1.29 is 13.2 Å². The summed E-state index contributed by atoms with van der Waals surface area (Å²) in [6.45, 7) is 4.35. The summed E-state index contributed by atoms with van der Waals surface area (Å²) in [5.41, 5.74) is 0.110. The molecule has 3 fully saturated rings. The number of hydrogen-bond acceptors (Lipinski definition) is 4. The Hall–Kier alpha value is -2.15. The van der Waals surface area contributed by atoms with Crippen LogP contribution in [-0.4, -0.2) is 47.3 Å². The molecule has 2 saturated heterocycles. The molecular weight excluding hydrogens is 401 g/mol. The van der Waals surface area contributed by atoms with Crippen LogP contribution in [-0.2, 0) is 6.18 Å². The van der Waals surface area contributed by atoms with E-state index in [0.29, 0.717) is 5.41 Å². The van der Waals surface area contributed by atoms with Crippen LogP contribution in [0.1, 0.15) is 50.5 Å². The lowest BCUT2D eigenvalue weighted by atomic mass is 9.70. The van der Waals surface area contributed by atoms with Gasteiger partial charge >= 0.3 is 6.18 Å². The van der Waals surface area contributed by atoms with Gasteiger partial charge in [0.2, 0.25) is 0 Å². The lowest BCUT2D eigenvalue weighted by Crippen LogP contribution is -2.51. The number of piperidine rings is 2. The van der Waals surface area contributed by atoms with Crippen LogP contribution in [0.4, 0.5) is 19.0 Å². The van der Waals surface area contributed by atoms with Crippen LogP contribution in [0.3, 0.4) is 0 Å². The standard InChI is InChI=1S/C24H29F3N4/c25-24(26,27)20-7-2-1-6-19(20)21-8-9-22(29-28-21)31-16-12-23(13-17-31)10-14-30(15-11-23)18-4-3-5-18/h1-2,6-9,18H,3-5,10-17H2. The minimum atomic E-state index is -4.41. The van der Waals surface area contributed by atoms with E-state index < -0.39 is 11.7 Å². The number of halogens is 3. The van der Waals surface area contributed by atoms with E-state index in [1.165, 1.54) is 57.3 Å². The van der Waals surface area contributed by atoms with Crippen LogP contribution in [0.5, 0.6) is 0 Å². The molecule has 2 aliphatic heterocycles. The highest BCUT2D eigenvalue weighted by Gasteiger charge is 2.40. The van der Waals surface area contributed by atoms with E-state index in [1.807, 2.05) is 6.07 Å². The quantitative estimate of drug-likeness (QED) is 0.653. The molecule has 0 atom stereocenters. The third kappa shape index (κ3) is 4.16. The predicted molar refractivity (Wildman–Crippen MR) is 115 cm³/mol. The molecule has 3 aliphatic rings. The largest absolute Gasteiger partial charge is 0.417 e. The minimum absolute atomic E-state index is 0.0740. The predicted octanol–water partition coefficient (Wildman–Crippen LogP) is 5.40. The molecule has 0 N–H and O–H groups in total. The molecule has 2 aromatic rings. The number of nitrogens with zero attached hydrogens (tertiary/aromatic N) is 4. The number of rotatable bonds is 3. The molecule has 4 nitrogen and oxygen atoms in total. The van der Waals surface area contributed by atoms with Crippen molar-refractivity contribution in [2.24, 2.45) is 5.41 Å². The summed E-state index contributed by atoms with van der Waals surface area (Å²) in [7, 11) is 0. The lowest BCUT2D eigenvalue weighted by molar-refractivity contribution is -0.137. The maximum absolute atomic E-state index is 13.3. The van der Waals surface area contributed by atoms with E-state index in [4.69, 9.17) is 0 Å². The molecule has 31 heavy (non-hydrogen) atoms. The Morgan fingerprint density at radius 2 is 1.52 bits per heavy atom. The third-order valence-electron chi connectivity index (χ3n) is 7.76. The molecular formula is C24H29F3N4. The first-order valence-corrected chi connectivity index (χ1v) is 11.4. The molecule has 7 heteroatoms. The van der Waals surface area contributed by atoms with Gasteiger partial charge in [-0.05, 0) is 75.2 Å². The van der Waals surface area contributed by atoms with Gasteiger partial charge in [0, 0.05) is 24.7 Å². The number of hydrogen-bond donors (Lipinski definition) is 0. The third-order valence-corrected chi connectivity index (χ3v) is 7.76. The van der Waals surface area contributed by atoms with E-state index in [0.717, 1.165) is 43.9 Å². The number of anilines is 1. The molecule has 1 aromatic carbocycles. The van der Waals surface area contributed by atoms with Crippen LogP contribution in [0, 0.1) is 5.41 Å². The maximum atomic E-state index is 13.3. The van der Waals surface area contributed by atoms with Crippen molar-refractivity contribution >= 4 is 5.82 Å². The SMILES string of the molecule is FC(F)(F)c1ccccc1-c1ccc(N2CCC3(CC2)CCN(C2CCC2)CC3)nn1. The maximum Gasteiger partial charge on any atom is 0.417 e. The highest BCUT2D eigenvalue weighted by atomic mass is 19.4. The Bertz CT molecular complexity index is 890. The van der Waals surface area contributed by atoms with Crippen LogP contribution in [0.15, 0.2) is 36.4 Å². The lowest BCUT2D eigenvalue weighted by Gasteiger charge is -2.50. The fraction of sp³-hybridized carbons (Fsp3) is 0.583. The van der Waals surface area contributed by atoms with Gasteiger partial charge in [-0.2, -0.15) is 13.2 Å². The topological polar surface area (TPSA) is 32.3 Å². The average Bonchev–Trinajstić information content (AvgIpc) is 2.74.